The van der Waals surface area contributed by atoms with E-state index in [2.05, 4.69) is 31.5 Å². The third kappa shape index (κ3) is 7.65. The first kappa shape index (κ1) is 38.7. The van der Waals surface area contributed by atoms with E-state index < -0.39 is 35.5 Å². The zero-order valence-corrected chi connectivity index (χ0v) is 31.9. The molecule has 56 heavy (non-hydrogen) atoms. The molecule has 3 aliphatic rings. The Morgan fingerprint density at radius 1 is 0.946 bits per heavy atom. The van der Waals surface area contributed by atoms with Gasteiger partial charge in [-0.2, -0.15) is 5.26 Å². The summed E-state index contributed by atoms with van der Waals surface area (Å²) in [6, 6.07) is 10.5. The van der Waals surface area contributed by atoms with Crippen molar-refractivity contribution in [1.82, 2.24) is 25.0 Å². The van der Waals surface area contributed by atoms with E-state index in [1.54, 1.807) is 24.3 Å². The van der Waals surface area contributed by atoms with Crippen LogP contribution in [0.4, 0.5) is 15.8 Å². The second-order valence-corrected chi connectivity index (χ2v) is 14.4. The molecule has 3 aromatic carbocycles. The summed E-state index contributed by atoms with van der Waals surface area (Å²) in [5.41, 5.74) is 1.97. The van der Waals surface area contributed by atoms with Crippen LogP contribution < -0.4 is 24.8 Å². The predicted molar refractivity (Wildman–Crippen MR) is 204 cm³/mol. The van der Waals surface area contributed by atoms with Crippen molar-refractivity contribution < 1.29 is 37.8 Å². The highest BCUT2D eigenvalue weighted by molar-refractivity contribution is 6.37. The van der Waals surface area contributed by atoms with Crippen LogP contribution in [0.3, 0.4) is 0 Å². The van der Waals surface area contributed by atoms with Crippen molar-refractivity contribution in [2.75, 3.05) is 58.9 Å². The number of carbonyl (C=O) groups is 4. The summed E-state index contributed by atoms with van der Waals surface area (Å²) in [5.74, 6) is -2.25. The molecular formula is C39H36Cl2FN7O7. The molecule has 0 spiro atoms. The molecule has 0 radical (unpaired) electrons. The topological polar surface area (TPSA) is 166 Å². The number of amides is 4. The Hall–Kier alpha value is -5.53. The maximum atomic E-state index is 15.3. The highest BCUT2D eigenvalue weighted by Crippen LogP contribution is 2.40. The number of anilines is 2. The lowest BCUT2D eigenvalue weighted by Crippen LogP contribution is -2.54. The number of piperazine rings is 1. The molecule has 2 fully saturated rings. The smallest absolute Gasteiger partial charge is 0.265 e. The molecule has 4 amide bonds. The fraction of sp³-hybridized carbons (Fsp3) is 0.333. The van der Waals surface area contributed by atoms with Crippen LogP contribution in [0.1, 0.15) is 51.1 Å². The van der Waals surface area contributed by atoms with Crippen molar-refractivity contribution in [3.8, 4) is 23.3 Å². The van der Waals surface area contributed by atoms with E-state index in [-0.39, 0.29) is 24.0 Å². The van der Waals surface area contributed by atoms with Gasteiger partial charge < -0.3 is 24.4 Å². The Morgan fingerprint density at radius 2 is 1.70 bits per heavy atom. The van der Waals surface area contributed by atoms with Crippen LogP contribution in [-0.4, -0.2) is 103 Å². The van der Waals surface area contributed by atoms with Crippen LogP contribution in [0, 0.1) is 17.1 Å². The van der Waals surface area contributed by atoms with E-state index in [1.165, 1.54) is 32.5 Å². The quantitative estimate of drug-likeness (QED) is 0.140. The van der Waals surface area contributed by atoms with E-state index in [0.29, 0.717) is 86.9 Å². The van der Waals surface area contributed by atoms with E-state index in [0.717, 1.165) is 31.0 Å². The minimum Gasteiger partial charge on any atom is -0.495 e. The highest BCUT2D eigenvalue weighted by atomic mass is 35.5. The summed E-state index contributed by atoms with van der Waals surface area (Å²) < 4.78 is 32.4. The first-order chi connectivity index (χ1) is 27.0. The van der Waals surface area contributed by atoms with Crippen molar-refractivity contribution >= 4 is 69.1 Å². The van der Waals surface area contributed by atoms with Gasteiger partial charge in [0.2, 0.25) is 11.8 Å². The molecule has 17 heteroatoms. The molecule has 7 rings (SSSR count). The van der Waals surface area contributed by atoms with Crippen LogP contribution in [0.15, 0.2) is 42.6 Å². The van der Waals surface area contributed by atoms with Gasteiger partial charge in [-0.1, -0.05) is 23.2 Å². The molecule has 0 aliphatic carbocycles. The largest absolute Gasteiger partial charge is 0.495 e. The normalized spacial score (nSPS) is 17.5. The summed E-state index contributed by atoms with van der Waals surface area (Å²) >= 11 is 12.7. The average molecular weight is 805 g/mol. The van der Waals surface area contributed by atoms with Gasteiger partial charge in [0.1, 0.15) is 23.7 Å². The van der Waals surface area contributed by atoms with E-state index >= 15 is 4.39 Å². The Bertz CT molecular complexity index is 2310. The number of aromatic nitrogens is 1. The predicted octanol–water partition coefficient (Wildman–Crippen LogP) is 5.30. The molecular weight excluding hydrogens is 768 g/mol. The average Bonchev–Trinajstić information content (AvgIpc) is 3.43. The first-order valence-corrected chi connectivity index (χ1v) is 18.6. The Kier molecular flexibility index (Phi) is 11.3. The van der Waals surface area contributed by atoms with Gasteiger partial charge in [-0.3, -0.25) is 39.3 Å². The summed E-state index contributed by atoms with van der Waals surface area (Å²) in [6.07, 6.45) is 2.18. The third-order valence-electron chi connectivity index (χ3n) is 10.1. The summed E-state index contributed by atoms with van der Waals surface area (Å²) in [5, 5.41) is 16.6. The van der Waals surface area contributed by atoms with Crippen molar-refractivity contribution in [3.63, 3.8) is 0 Å². The number of nitriles is 1. The number of fused-ring (bicyclic) bond motifs is 2. The van der Waals surface area contributed by atoms with E-state index in [9.17, 15) is 24.4 Å². The first-order valence-electron chi connectivity index (χ1n) is 17.8. The van der Waals surface area contributed by atoms with E-state index in [4.69, 9.17) is 37.4 Å². The van der Waals surface area contributed by atoms with Gasteiger partial charge in [0.25, 0.3) is 11.8 Å². The zero-order chi connectivity index (χ0) is 39.7. The number of hydrogen-bond acceptors (Lipinski definition) is 12. The monoisotopic (exact) mass is 803 g/mol. The molecule has 2 saturated heterocycles. The molecule has 2 N–H and O–H groups in total. The van der Waals surface area contributed by atoms with Crippen molar-refractivity contribution in [1.29, 1.82) is 5.26 Å². The van der Waals surface area contributed by atoms with Crippen LogP contribution in [0.2, 0.25) is 10.0 Å². The van der Waals surface area contributed by atoms with Crippen LogP contribution in [0.25, 0.3) is 10.9 Å². The summed E-state index contributed by atoms with van der Waals surface area (Å²) in [6.45, 7) is 4.48. The van der Waals surface area contributed by atoms with Gasteiger partial charge in [0.05, 0.1) is 64.5 Å². The number of pyridine rings is 1. The molecule has 3 aliphatic heterocycles. The maximum Gasteiger partial charge on any atom is 0.265 e. The van der Waals surface area contributed by atoms with Gasteiger partial charge in [-0.15, -0.1) is 0 Å². The standard InChI is InChI=1S/C39H36Cl2FN7O7/c1-54-31-17-29(25(40)15-26(31)41)45-36-22(18-43)19-44-28-16-33(32(55-2)14-23(28)36)56-11-3-6-47-7-9-48(10-8-47)20-21-12-24-35(27(42)13-21)39(53)49(38(24)52)30-4-5-34(50)46-37(30)51/h12-17,19,30H,3-11,20H2,1-2H3,(H,44,45)(H,46,50,51). The van der Waals surface area contributed by atoms with Gasteiger partial charge in [0.15, 0.2) is 11.5 Å². The Morgan fingerprint density at radius 3 is 2.41 bits per heavy atom. The number of hydrogen-bond donors (Lipinski definition) is 2. The van der Waals surface area contributed by atoms with E-state index in [1.807, 2.05) is 0 Å². The maximum absolute atomic E-state index is 15.3. The number of ether oxygens (including phenoxy) is 3. The van der Waals surface area contributed by atoms with Gasteiger partial charge in [-0.25, -0.2) is 4.39 Å². The number of rotatable bonds is 12. The van der Waals surface area contributed by atoms with Crippen LogP contribution in [-0.2, 0) is 16.1 Å². The van der Waals surface area contributed by atoms with Crippen molar-refractivity contribution in [2.24, 2.45) is 0 Å². The SMILES string of the molecule is COc1cc(Nc2c(C#N)cnc3cc(OCCCN4CCN(Cc5cc(F)c6c(c5)C(=O)N(C5CCC(=O)NC5=O)C6=O)CC4)c(OC)cc23)c(Cl)cc1Cl. The number of imide groups is 2. The minimum atomic E-state index is -1.16. The lowest BCUT2D eigenvalue weighted by molar-refractivity contribution is -0.136. The summed E-state index contributed by atoms with van der Waals surface area (Å²) in [4.78, 5) is 59.9. The summed E-state index contributed by atoms with van der Waals surface area (Å²) in [7, 11) is 3.03. The van der Waals surface area contributed by atoms with Crippen LogP contribution >= 0.6 is 23.2 Å². The molecule has 4 aromatic rings. The number of halogens is 3. The number of methoxy groups -OCH3 is 2. The lowest BCUT2D eigenvalue weighted by atomic mass is 10.0. The number of benzene rings is 3. The van der Waals surface area contributed by atoms with Gasteiger partial charge in [-0.05, 0) is 42.7 Å². The fourth-order valence-corrected chi connectivity index (χ4v) is 7.71. The molecule has 1 aromatic heterocycles. The van der Waals surface area contributed by atoms with Crippen molar-refractivity contribution in [3.05, 3.63) is 80.7 Å². The van der Waals surface area contributed by atoms with Gasteiger partial charge >= 0.3 is 0 Å². The molecule has 4 heterocycles. The number of carbonyl (C=O) groups excluding carboxylic acids is 4. The number of nitrogens with one attached hydrogen (secondary N) is 2. The molecule has 0 saturated carbocycles. The molecule has 290 valence electrons. The highest BCUT2D eigenvalue weighted by Gasteiger charge is 2.46. The van der Waals surface area contributed by atoms with Gasteiger partial charge in [0, 0.05) is 69.4 Å². The number of piperidine rings is 1. The fourth-order valence-electron chi connectivity index (χ4n) is 7.20. The molecule has 0 bridgehead atoms. The molecule has 14 nitrogen and oxygen atoms in total. The molecule has 1 atom stereocenters. The lowest BCUT2D eigenvalue weighted by Gasteiger charge is -2.34. The second-order valence-electron chi connectivity index (χ2n) is 13.5. The third-order valence-corrected chi connectivity index (χ3v) is 10.7. The molecule has 1 unspecified atom stereocenters. The zero-order valence-electron chi connectivity index (χ0n) is 30.4. The minimum absolute atomic E-state index is 0.000580. The number of nitrogens with zero attached hydrogens (tertiary/aromatic N) is 5. The Labute approximate surface area is 331 Å². The Balaban J connectivity index is 0.936. The second kappa shape index (κ2) is 16.3. The van der Waals surface area contributed by atoms with Crippen molar-refractivity contribution in [2.45, 2.75) is 31.8 Å². The van der Waals surface area contributed by atoms with Crippen LogP contribution in [0.5, 0.6) is 17.2 Å².